The maximum Gasteiger partial charge on any atom is 0.223 e. The Bertz CT molecular complexity index is 653. The number of nitrogens with one attached hydrogen (secondary N) is 1. The van der Waals surface area contributed by atoms with Gasteiger partial charge in [0.2, 0.25) is 5.91 Å². The molecule has 3 N–H and O–H groups in total. The average Bonchev–Trinajstić information content (AvgIpc) is 2.61. The predicted octanol–water partition coefficient (Wildman–Crippen LogP) is 4.24. The van der Waals surface area contributed by atoms with Crippen molar-refractivity contribution in [3.8, 4) is 11.5 Å². The maximum atomic E-state index is 12.9. The summed E-state index contributed by atoms with van der Waals surface area (Å²) in [6, 6.07) is 6.08. The quantitative estimate of drug-likeness (QED) is 0.735. The fourth-order valence-corrected chi connectivity index (χ4v) is 4.72. The van der Waals surface area contributed by atoms with E-state index in [9.17, 15) is 4.79 Å². The zero-order valence-electron chi connectivity index (χ0n) is 17.4. The zero-order chi connectivity index (χ0) is 19.6. The number of carbonyl (C=O) groups excluding carboxylic acids is 1. The smallest absolute Gasteiger partial charge is 0.223 e. The molecule has 1 amide bonds. The molecule has 0 saturated heterocycles. The van der Waals surface area contributed by atoms with Crippen LogP contribution in [0.2, 0.25) is 0 Å². The first-order valence-electron chi connectivity index (χ1n) is 10.3. The molecule has 28 heavy (non-hydrogen) atoms. The number of fused-ring (bicyclic) bond motifs is 2. The van der Waals surface area contributed by atoms with Crippen LogP contribution in [0.15, 0.2) is 18.2 Å². The Morgan fingerprint density at radius 1 is 1.14 bits per heavy atom. The zero-order valence-corrected chi connectivity index (χ0v) is 18.3. The molecular formula is C22H35ClN2O3. The van der Waals surface area contributed by atoms with Crippen molar-refractivity contribution in [1.29, 1.82) is 0 Å². The van der Waals surface area contributed by atoms with E-state index in [1.54, 1.807) is 7.11 Å². The third-order valence-corrected chi connectivity index (χ3v) is 6.19. The molecule has 1 aromatic rings. The number of amides is 1. The molecule has 158 valence electrons. The van der Waals surface area contributed by atoms with Gasteiger partial charge in [0.15, 0.2) is 11.5 Å². The Hall–Kier alpha value is -1.46. The number of hydrogen-bond donors (Lipinski definition) is 2. The van der Waals surface area contributed by atoms with Crippen molar-refractivity contribution in [2.75, 3.05) is 7.11 Å². The number of nitrogens with two attached hydrogens (primary N) is 1. The van der Waals surface area contributed by atoms with Crippen LogP contribution in [0.3, 0.4) is 0 Å². The Balaban J connectivity index is 0.00000280. The molecule has 0 radical (unpaired) electrons. The third-order valence-electron chi connectivity index (χ3n) is 6.19. The molecule has 3 rings (SSSR count). The van der Waals surface area contributed by atoms with E-state index in [0.717, 1.165) is 24.2 Å². The van der Waals surface area contributed by atoms with E-state index in [2.05, 4.69) is 5.32 Å². The molecular weight excluding hydrogens is 376 g/mol. The van der Waals surface area contributed by atoms with Crippen molar-refractivity contribution in [2.24, 2.45) is 23.5 Å². The highest BCUT2D eigenvalue weighted by atomic mass is 35.5. The monoisotopic (exact) mass is 410 g/mol. The molecule has 1 aromatic carbocycles. The van der Waals surface area contributed by atoms with Gasteiger partial charge in [-0.15, -0.1) is 12.4 Å². The summed E-state index contributed by atoms with van der Waals surface area (Å²) in [5, 5.41) is 3.21. The summed E-state index contributed by atoms with van der Waals surface area (Å²) in [6.07, 6.45) is 5.55. The first-order valence-corrected chi connectivity index (χ1v) is 10.3. The van der Waals surface area contributed by atoms with Crippen molar-refractivity contribution < 1.29 is 14.3 Å². The second kappa shape index (κ2) is 9.84. The Kier molecular flexibility index (Phi) is 8.02. The summed E-state index contributed by atoms with van der Waals surface area (Å²) >= 11 is 0. The Labute approximate surface area is 175 Å². The lowest BCUT2D eigenvalue weighted by Gasteiger charge is -2.43. The number of benzene rings is 1. The summed E-state index contributed by atoms with van der Waals surface area (Å²) in [4.78, 5) is 12.9. The number of carbonyl (C=O) groups is 1. The van der Waals surface area contributed by atoms with Gasteiger partial charge in [0, 0.05) is 12.0 Å². The molecule has 5 nitrogen and oxygen atoms in total. The van der Waals surface area contributed by atoms with Gasteiger partial charge in [-0.2, -0.15) is 0 Å². The van der Waals surface area contributed by atoms with Gasteiger partial charge in [-0.1, -0.05) is 12.5 Å². The van der Waals surface area contributed by atoms with Gasteiger partial charge in [0.05, 0.1) is 19.3 Å². The van der Waals surface area contributed by atoms with E-state index >= 15 is 0 Å². The predicted molar refractivity (Wildman–Crippen MR) is 114 cm³/mol. The third kappa shape index (κ3) is 5.12. The van der Waals surface area contributed by atoms with E-state index in [4.69, 9.17) is 15.2 Å². The average molecular weight is 411 g/mol. The van der Waals surface area contributed by atoms with Crippen LogP contribution < -0.4 is 20.5 Å². The SMILES string of the molecule is COc1cc(C(C)NC(=O)C2CC3CCCC(C2)C3N)ccc1OC(C)C.Cl. The number of halogens is 1. The van der Waals surface area contributed by atoms with Crippen molar-refractivity contribution in [2.45, 2.75) is 71.1 Å². The number of hydrogen-bond acceptors (Lipinski definition) is 4. The molecule has 0 aromatic heterocycles. The van der Waals surface area contributed by atoms with Crippen molar-refractivity contribution in [3.63, 3.8) is 0 Å². The lowest BCUT2D eigenvalue weighted by Crippen LogP contribution is -2.49. The number of rotatable bonds is 6. The van der Waals surface area contributed by atoms with Crippen LogP contribution in [0, 0.1) is 17.8 Å². The highest BCUT2D eigenvalue weighted by Gasteiger charge is 2.40. The second-order valence-electron chi connectivity index (χ2n) is 8.50. The molecule has 2 fully saturated rings. The molecule has 2 saturated carbocycles. The fraction of sp³-hybridized carbons (Fsp3) is 0.682. The molecule has 0 heterocycles. The lowest BCUT2D eigenvalue weighted by atomic mass is 9.65. The van der Waals surface area contributed by atoms with E-state index in [0.29, 0.717) is 17.6 Å². The Morgan fingerprint density at radius 3 is 2.36 bits per heavy atom. The normalized spacial score (nSPS) is 27.5. The van der Waals surface area contributed by atoms with Crippen molar-refractivity contribution in [3.05, 3.63) is 23.8 Å². The molecule has 2 aliphatic carbocycles. The van der Waals surface area contributed by atoms with Gasteiger partial charge < -0.3 is 20.5 Å². The Morgan fingerprint density at radius 2 is 1.79 bits per heavy atom. The van der Waals surface area contributed by atoms with Gasteiger partial charge in [0.25, 0.3) is 0 Å². The molecule has 3 atom stereocenters. The highest BCUT2D eigenvalue weighted by Crippen LogP contribution is 2.42. The minimum atomic E-state index is -0.0741. The van der Waals surface area contributed by atoms with E-state index in [1.165, 1.54) is 19.3 Å². The highest BCUT2D eigenvalue weighted by molar-refractivity contribution is 5.85. The fourth-order valence-electron chi connectivity index (χ4n) is 4.72. The van der Waals surface area contributed by atoms with E-state index < -0.39 is 0 Å². The van der Waals surface area contributed by atoms with Crippen LogP contribution in [-0.2, 0) is 4.79 Å². The topological polar surface area (TPSA) is 73.6 Å². The molecule has 0 spiro atoms. The molecule has 0 aliphatic heterocycles. The summed E-state index contributed by atoms with van der Waals surface area (Å²) in [5.74, 6) is 2.69. The maximum absolute atomic E-state index is 12.9. The molecule has 6 heteroatoms. The van der Waals surface area contributed by atoms with E-state index in [-0.39, 0.29) is 42.4 Å². The second-order valence-corrected chi connectivity index (χ2v) is 8.50. The standard InChI is InChI=1S/C22H34N2O3.ClH/c1-13(2)27-19-9-8-15(12-20(19)26-4)14(3)24-22(25)18-10-16-6-5-7-17(11-18)21(16)23;/h8-9,12-14,16-18,21H,5-7,10-11,23H2,1-4H3,(H,24,25);1H. The molecule has 2 bridgehead atoms. The molecule has 3 unspecified atom stereocenters. The van der Waals surface area contributed by atoms with Gasteiger partial charge in [-0.25, -0.2) is 0 Å². The summed E-state index contributed by atoms with van der Waals surface area (Å²) in [7, 11) is 1.64. The number of methoxy groups -OCH3 is 1. The van der Waals surface area contributed by atoms with Crippen LogP contribution >= 0.6 is 12.4 Å². The van der Waals surface area contributed by atoms with Crippen molar-refractivity contribution in [1.82, 2.24) is 5.32 Å². The first-order chi connectivity index (χ1) is 12.9. The van der Waals surface area contributed by atoms with Crippen LogP contribution in [-0.4, -0.2) is 25.2 Å². The van der Waals surface area contributed by atoms with Gasteiger partial charge in [-0.05, 0) is 76.0 Å². The molecule has 2 aliphatic rings. The van der Waals surface area contributed by atoms with Crippen LogP contribution in [0.4, 0.5) is 0 Å². The van der Waals surface area contributed by atoms with Crippen LogP contribution in [0.5, 0.6) is 11.5 Å². The largest absolute Gasteiger partial charge is 0.493 e. The van der Waals surface area contributed by atoms with E-state index in [1.807, 2.05) is 39.0 Å². The summed E-state index contributed by atoms with van der Waals surface area (Å²) in [5.41, 5.74) is 7.38. The van der Waals surface area contributed by atoms with Crippen LogP contribution in [0.1, 0.15) is 64.5 Å². The van der Waals surface area contributed by atoms with Gasteiger partial charge >= 0.3 is 0 Å². The summed E-state index contributed by atoms with van der Waals surface area (Å²) < 4.78 is 11.2. The minimum Gasteiger partial charge on any atom is -0.493 e. The van der Waals surface area contributed by atoms with Crippen molar-refractivity contribution >= 4 is 18.3 Å². The lowest BCUT2D eigenvalue weighted by molar-refractivity contribution is -0.128. The minimum absolute atomic E-state index is 0. The summed E-state index contributed by atoms with van der Waals surface area (Å²) in [6.45, 7) is 5.99. The first kappa shape index (κ1) is 22.8. The van der Waals surface area contributed by atoms with Gasteiger partial charge in [-0.3, -0.25) is 4.79 Å². The van der Waals surface area contributed by atoms with Crippen LogP contribution in [0.25, 0.3) is 0 Å². The number of ether oxygens (including phenoxy) is 2. The van der Waals surface area contributed by atoms with Gasteiger partial charge in [0.1, 0.15) is 0 Å².